The summed E-state index contributed by atoms with van der Waals surface area (Å²) in [6, 6.07) is 19.5. The Kier molecular flexibility index (Phi) is 5.56. The molecule has 0 N–H and O–H groups in total. The molecule has 5 heteroatoms. The lowest BCUT2D eigenvalue weighted by Gasteiger charge is -2.15. The standard InChI is InChI=1S/C14H14ClO2PS/c15-18(19,16-11-13-7-3-1-4-8-13)17-12-14-9-5-2-6-10-14/h1-10H,11-12H2. The summed E-state index contributed by atoms with van der Waals surface area (Å²) in [6.45, 7) is 0.743. The molecule has 0 aliphatic carbocycles. The number of benzene rings is 2. The van der Waals surface area contributed by atoms with Gasteiger partial charge in [-0.1, -0.05) is 60.7 Å². The van der Waals surface area contributed by atoms with Crippen molar-refractivity contribution in [2.24, 2.45) is 0 Å². The highest BCUT2D eigenvalue weighted by Crippen LogP contribution is 2.55. The lowest BCUT2D eigenvalue weighted by molar-refractivity contribution is 0.245. The fraction of sp³-hybridized carbons (Fsp3) is 0.143. The van der Waals surface area contributed by atoms with E-state index in [-0.39, 0.29) is 0 Å². The van der Waals surface area contributed by atoms with Crippen molar-refractivity contribution in [1.29, 1.82) is 0 Å². The van der Waals surface area contributed by atoms with E-state index in [1.165, 1.54) is 0 Å². The molecule has 0 radical (unpaired) electrons. The van der Waals surface area contributed by atoms with Crippen LogP contribution in [0.3, 0.4) is 0 Å². The second kappa shape index (κ2) is 7.18. The highest BCUT2D eigenvalue weighted by atomic mass is 35.7. The largest absolute Gasteiger partial charge is 0.313 e. The summed E-state index contributed by atoms with van der Waals surface area (Å²) >= 11 is 11.3. The number of hydrogen-bond donors (Lipinski definition) is 0. The van der Waals surface area contributed by atoms with Crippen LogP contribution in [0, 0.1) is 0 Å². The Morgan fingerprint density at radius 3 is 1.53 bits per heavy atom. The Hall–Kier alpha value is -0.700. The first-order chi connectivity index (χ1) is 9.16. The topological polar surface area (TPSA) is 18.5 Å². The van der Waals surface area contributed by atoms with Crippen molar-refractivity contribution in [3.05, 3.63) is 71.8 Å². The summed E-state index contributed by atoms with van der Waals surface area (Å²) < 4.78 is 11.0. The van der Waals surface area contributed by atoms with E-state index in [0.717, 1.165) is 11.1 Å². The molecule has 2 rings (SSSR count). The van der Waals surface area contributed by atoms with Crippen LogP contribution in [-0.2, 0) is 34.1 Å². The van der Waals surface area contributed by atoms with Gasteiger partial charge in [0, 0.05) is 0 Å². The highest BCUT2D eigenvalue weighted by Gasteiger charge is 2.15. The van der Waals surface area contributed by atoms with Gasteiger partial charge in [-0.2, -0.15) is 0 Å². The molecule has 0 bridgehead atoms. The summed E-state index contributed by atoms with van der Waals surface area (Å²) in [5, 5.41) is 0. The predicted molar refractivity (Wildman–Crippen MR) is 82.6 cm³/mol. The monoisotopic (exact) mass is 312 g/mol. The van der Waals surface area contributed by atoms with Gasteiger partial charge in [0.15, 0.2) is 0 Å². The van der Waals surface area contributed by atoms with E-state index >= 15 is 0 Å². The molecule has 0 amide bonds. The van der Waals surface area contributed by atoms with Gasteiger partial charge in [-0.15, -0.1) is 0 Å². The Labute approximate surface area is 123 Å². The van der Waals surface area contributed by atoms with E-state index in [4.69, 9.17) is 32.1 Å². The molecule has 0 atom stereocenters. The molecular weight excluding hydrogens is 299 g/mol. The van der Waals surface area contributed by atoms with Crippen molar-refractivity contribution in [2.45, 2.75) is 13.2 Å². The lowest BCUT2D eigenvalue weighted by Crippen LogP contribution is -1.93. The summed E-state index contributed by atoms with van der Waals surface area (Å²) in [7, 11) is 0. The van der Waals surface area contributed by atoms with Gasteiger partial charge in [-0.3, -0.25) is 0 Å². The zero-order valence-electron chi connectivity index (χ0n) is 10.2. The normalized spacial score (nSPS) is 11.4. The van der Waals surface area contributed by atoms with Crippen LogP contribution in [0.1, 0.15) is 11.1 Å². The maximum Gasteiger partial charge on any atom is 0.282 e. The molecule has 0 fully saturated rings. The summed E-state index contributed by atoms with van der Waals surface area (Å²) in [5.41, 5.74) is 2.06. The minimum atomic E-state index is -2.72. The van der Waals surface area contributed by atoms with Crippen LogP contribution in [0.15, 0.2) is 60.7 Å². The molecule has 0 saturated heterocycles. The second-order valence-electron chi connectivity index (χ2n) is 3.95. The quantitative estimate of drug-likeness (QED) is 0.708. The van der Waals surface area contributed by atoms with E-state index < -0.39 is 5.84 Å². The van der Waals surface area contributed by atoms with Crippen LogP contribution in [0.25, 0.3) is 0 Å². The van der Waals surface area contributed by atoms with Crippen LogP contribution in [0.4, 0.5) is 0 Å². The van der Waals surface area contributed by atoms with E-state index in [2.05, 4.69) is 0 Å². The third-order valence-electron chi connectivity index (χ3n) is 2.46. The van der Waals surface area contributed by atoms with Crippen LogP contribution in [0.2, 0.25) is 0 Å². The number of hydrogen-bond acceptors (Lipinski definition) is 3. The van der Waals surface area contributed by atoms with Gasteiger partial charge in [0.1, 0.15) is 0 Å². The Morgan fingerprint density at radius 1 is 0.789 bits per heavy atom. The Bertz CT molecular complexity index is 500. The summed E-state index contributed by atoms with van der Waals surface area (Å²) in [4.78, 5) is 0. The third kappa shape index (κ3) is 5.43. The molecular formula is C14H14ClO2PS. The maximum absolute atomic E-state index is 6.12. The van der Waals surface area contributed by atoms with E-state index in [1.807, 2.05) is 60.7 Å². The first-order valence-electron chi connectivity index (χ1n) is 5.82. The van der Waals surface area contributed by atoms with Gasteiger partial charge in [-0.25, -0.2) is 0 Å². The summed E-state index contributed by atoms with van der Waals surface area (Å²) in [5.74, 6) is -2.72. The molecule has 2 nitrogen and oxygen atoms in total. The fourth-order valence-corrected chi connectivity index (χ4v) is 2.78. The average Bonchev–Trinajstić information content (AvgIpc) is 2.46. The van der Waals surface area contributed by atoms with E-state index in [0.29, 0.717) is 13.2 Å². The zero-order valence-corrected chi connectivity index (χ0v) is 12.7. The van der Waals surface area contributed by atoms with Crippen molar-refractivity contribution in [1.82, 2.24) is 0 Å². The van der Waals surface area contributed by atoms with Crippen LogP contribution >= 0.6 is 17.1 Å². The maximum atomic E-state index is 6.12. The molecule has 2 aromatic carbocycles. The molecule has 0 aromatic heterocycles. The van der Waals surface area contributed by atoms with Crippen LogP contribution in [-0.4, -0.2) is 0 Å². The van der Waals surface area contributed by atoms with Crippen LogP contribution in [0.5, 0.6) is 0 Å². The third-order valence-corrected chi connectivity index (χ3v) is 4.55. The molecule has 0 aliphatic rings. The predicted octanol–water partition coefficient (Wildman–Crippen LogP) is 4.88. The van der Waals surface area contributed by atoms with E-state index in [1.54, 1.807) is 0 Å². The van der Waals surface area contributed by atoms with Crippen molar-refractivity contribution in [2.75, 3.05) is 0 Å². The lowest BCUT2D eigenvalue weighted by atomic mass is 10.2. The molecule has 2 aromatic rings. The minimum absolute atomic E-state index is 0.371. The van der Waals surface area contributed by atoms with Crippen molar-refractivity contribution in [3.8, 4) is 0 Å². The first-order valence-corrected chi connectivity index (χ1v) is 9.37. The fourth-order valence-electron chi connectivity index (χ4n) is 1.49. The van der Waals surface area contributed by atoms with Gasteiger partial charge in [-0.05, 0) is 34.2 Å². The number of halogens is 1. The first kappa shape index (κ1) is 14.7. The van der Waals surface area contributed by atoms with Crippen molar-refractivity contribution in [3.63, 3.8) is 0 Å². The zero-order chi connectivity index (χ0) is 13.6. The molecule has 0 saturated carbocycles. The molecule has 0 unspecified atom stereocenters. The van der Waals surface area contributed by atoms with Gasteiger partial charge in [0.25, 0.3) is 5.84 Å². The van der Waals surface area contributed by atoms with Crippen molar-refractivity contribution < 1.29 is 9.05 Å². The van der Waals surface area contributed by atoms with Gasteiger partial charge < -0.3 is 9.05 Å². The second-order valence-corrected chi connectivity index (χ2v) is 8.71. The Morgan fingerprint density at radius 2 is 1.16 bits per heavy atom. The van der Waals surface area contributed by atoms with Crippen molar-refractivity contribution >= 4 is 28.9 Å². The summed E-state index contributed by atoms with van der Waals surface area (Å²) in [6.07, 6.45) is 0. The molecule has 0 spiro atoms. The van der Waals surface area contributed by atoms with Gasteiger partial charge in [0.05, 0.1) is 13.2 Å². The molecule has 19 heavy (non-hydrogen) atoms. The Balaban J connectivity index is 1.84. The van der Waals surface area contributed by atoms with Crippen LogP contribution < -0.4 is 0 Å². The highest BCUT2D eigenvalue weighted by molar-refractivity contribution is 8.22. The van der Waals surface area contributed by atoms with E-state index in [9.17, 15) is 0 Å². The van der Waals surface area contributed by atoms with Gasteiger partial charge >= 0.3 is 0 Å². The molecule has 0 heterocycles. The molecule has 100 valence electrons. The number of rotatable bonds is 6. The minimum Gasteiger partial charge on any atom is -0.313 e. The smallest absolute Gasteiger partial charge is 0.282 e. The van der Waals surface area contributed by atoms with Gasteiger partial charge in [0.2, 0.25) is 0 Å². The molecule has 0 aliphatic heterocycles. The average molecular weight is 313 g/mol. The SMILES string of the molecule is S=P(Cl)(OCc1ccccc1)OCc1ccccc1.